The van der Waals surface area contributed by atoms with Gasteiger partial charge in [-0.05, 0) is 53.9 Å². The summed E-state index contributed by atoms with van der Waals surface area (Å²) >= 11 is 3.61. The first-order chi connectivity index (χ1) is 8.58. The largest absolute Gasteiger partial charge is 0.382 e. The van der Waals surface area contributed by atoms with Crippen molar-refractivity contribution in [3.05, 3.63) is 46.0 Å². The molecule has 0 unspecified atom stereocenters. The zero-order valence-electron chi connectivity index (χ0n) is 11.0. The first-order valence-corrected chi connectivity index (χ1v) is 6.85. The maximum Gasteiger partial charge on any atom is 0.105 e. The van der Waals surface area contributed by atoms with E-state index in [2.05, 4.69) is 56.8 Å². The van der Waals surface area contributed by atoms with Crippen LogP contribution in [0.5, 0.6) is 0 Å². The van der Waals surface area contributed by atoms with Crippen LogP contribution < -0.4 is 5.32 Å². The second-order valence-electron chi connectivity index (χ2n) is 4.53. The third kappa shape index (κ3) is 2.93. The van der Waals surface area contributed by atoms with Crippen molar-refractivity contribution in [1.82, 2.24) is 9.55 Å². The molecular weight excluding hydrogens is 290 g/mol. The zero-order chi connectivity index (χ0) is 13.1. The van der Waals surface area contributed by atoms with Gasteiger partial charge >= 0.3 is 0 Å². The molecule has 1 heterocycles. The van der Waals surface area contributed by atoms with Gasteiger partial charge in [0.05, 0.1) is 5.69 Å². The summed E-state index contributed by atoms with van der Waals surface area (Å²) in [5.74, 6) is 1.05. The van der Waals surface area contributed by atoms with Crippen molar-refractivity contribution < 1.29 is 0 Å². The highest BCUT2D eigenvalue weighted by Gasteiger charge is 2.04. The monoisotopic (exact) mass is 307 g/mol. The van der Waals surface area contributed by atoms with Gasteiger partial charge in [0, 0.05) is 30.0 Å². The molecule has 1 aromatic heterocycles. The SMILES string of the molecule is Cc1cc(C)c(NCCn2ccnc2C)c(Br)c1. The van der Waals surface area contributed by atoms with Crippen molar-refractivity contribution in [1.29, 1.82) is 0 Å². The summed E-state index contributed by atoms with van der Waals surface area (Å²) in [5, 5.41) is 3.48. The molecule has 3 nitrogen and oxygen atoms in total. The van der Waals surface area contributed by atoms with Gasteiger partial charge in [-0.15, -0.1) is 0 Å². The highest BCUT2D eigenvalue weighted by atomic mass is 79.9. The molecule has 2 aromatic rings. The topological polar surface area (TPSA) is 29.9 Å². The maximum atomic E-state index is 4.21. The lowest BCUT2D eigenvalue weighted by Gasteiger charge is -2.13. The van der Waals surface area contributed by atoms with Gasteiger partial charge in [-0.3, -0.25) is 0 Å². The molecule has 2 rings (SSSR count). The Bertz CT molecular complexity index is 523. The molecule has 1 N–H and O–H groups in total. The number of nitrogens with one attached hydrogen (secondary N) is 1. The summed E-state index contributed by atoms with van der Waals surface area (Å²) in [6.07, 6.45) is 3.84. The first kappa shape index (κ1) is 13.1. The van der Waals surface area contributed by atoms with Crippen LogP contribution in [0.15, 0.2) is 29.0 Å². The van der Waals surface area contributed by atoms with Crippen LogP contribution in [0.3, 0.4) is 0 Å². The molecule has 0 saturated carbocycles. The lowest BCUT2D eigenvalue weighted by atomic mass is 10.1. The molecule has 0 saturated heterocycles. The normalized spacial score (nSPS) is 10.7. The predicted molar refractivity (Wildman–Crippen MR) is 79.1 cm³/mol. The highest BCUT2D eigenvalue weighted by molar-refractivity contribution is 9.10. The van der Waals surface area contributed by atoms with Crippen LogP contribution in [-0.4, -0.2) is 16.1 Å². The Balaban J connectivity index is 2.01. The van der Waals surface area contributed by atoms with E-state index in [4.69, 9.17) is 0 Å². The Labute approximate surface area is 116 Å². The first-order valence-electron chi connectivity index (χ1n) is 6.06. The van der Waals surface area contributed by atoms with Gasteiger partial charge in [-0.25, -0.2) is 4.98 Å². The van der Waals surface area contributed by atoms with E-state index in [1.165, 1.54) is 16.8 Å². The van der Waals surface area contributed by atoms with Crippen molar-refractivity contribution in [2.24, 2.45) is 0 Å². The fourth-order valence-corrected chi connectivity index (χ4v) is 2.89. The minimum Gasteiger partial charge on any atom is -0.382 e. The molecule has 1 aromatic carbocycles. The van der Waals surface area contributed by atoms with Gasteiger partial charge < -0.3 is 9.88 Å². The number of rotatable bonds is 4. The van der Waals surface area contributed by atoms with E-state index in [1.807, 2.05) is 19.3 Å². The van der Waals surface area contributed by atoms with Gasteiger partial charge in [0.15, 0.2) is 0 Å². The number of hydrogen-bond acceptors (Lipinski definition) is 2. The third-order valence-corrected chi connectivity index (χ3v) is 3.64. The summed E-state index contributed by atoms with van der Waals surface area (Å²) in [7, 11) is 0. The van der Waals surface area contributed by atoms with E-state index >= 15 is 0 Å². The molecule has 0 radical (unpaired) electrons. The average Bonchev–Trinajstić information content (AvgIpc) is 2.68. The highest BCUT2D eigenvalue weighted by Crippen LogP contribution is 2.27. The number of aryl methyl sites for hydroxylation is 3. The van der Waals surface area contributed by atoms with Crippen LogP contribution in [0, 0.1) is 20.8 Å². The number of halogens is 1. The van der Waals surface area contributed by atoms with E-state index in [0.717, 1.165) is 23.4 Å². The second kappa shape index (κ2) is 5.57. The summed E-state index contributed by atoms with van der Waals surface area (Å²) < 4.78 is 3.27. The number of imidazole rings is 1. The van der Waals surface area contributed by atoms with Crippen molar-refractivity contribution in [2.45, 2.75) is 27.3 Å². The second-order valence-corrected chi connectivity index (χ2v) is 5.39. The molecule has 0 aliphatic rings. The Kier molecular flexibility index (Phi) is 4.07. The van der Waals surface area contributed by atoms with Gasteiger partial charge in [0.2, 0.25) is 0 Å². The molecule has 0 amide bonds. The van der Waals surface area contributed by atoms with Crippen LogP contribution in [0.2, 0.25) is 0 Å². The van der Waals surface area contributed by atoms with Crippen molar-refractivity contribution in [3.8, 4) is 0 Å². The van der Waals surface area contributed by atoms with E-state index in [1.54, 1.807) is 0 Å². The van der Waals surface area contributed by atoms with E-state index in [9.17, 15) is 0 Å². The van der Waals surface area contributed by atoms with Crippen LogP contribution in [-0.2, 0) is 6.54 Å². The summed E-state index contributed by atoms with van der Waals surface area (Å²) in [4.78, 5) is 4.21. The Morgan fingerprint density at radius 3 is 2.67 bits per heavy atom. The maximum absolute atomic E-state index is 4.21. The van der Waals surface area contributed by atoms with Gasteiger partial charge in [0.25, 0.3) is 0 Å². The molecule has 96 valence electrons. The van der Waals surface area contributed by atoms with Crippen molar-refractivity contribution in [2.75, 3.05) is 11.9 Å². The average molecular weight is 308 g/mol. The summed E-state index contributed by atoms with van der Waals surface area (Å²) in [5.41, 5.74) is 3.72. The summed E-state index contributed by atoms with van der Waals surface area (Å²) in [6, 6.07) is 4.33. The Morgan fingerprint density at radius 1 is 1.28 bits per heavy atom. The van der Waals surface area contributed by atoms with E-state index < -0.39 is 0 Å². The van der Waals surface area contributed by atoms with Gasteiger partial charge in [-0.2, -0.15) is 0 Å². The molecule has 0 fully saturated rings. The number of benzene rings is 1. The van der Waals surface area contributed by atoms with Crippen LogP contribution in [0.1, 0.15) is 17.0 Å². The number of aromatic nitrogens is 2. The standard InChI is InChI=1S/C14H18BrN3/c1-10-8-11(2)14(13(15)9-10)17-5-7-18-6-4-16-12(18)3/h4,6,8-9,17H,5,7H2,1-3H3. The fraction of sp³-hybridized carbons (Fsp3) is 0.357. The number of anilines is 1. The van der Waals surface area contributed by atoms with Gasteiger partial charge in [-0.1, -0.05) is 6.07 Å². The summed E-state index contributed by atoms with van der Waals surface area (Å²) in [6.45, 7) is 8.07. The minimum atomic E-state index is 0.889. The molecule has 0 bridgehead atoms. The Morgan fingerprint density at radius 2 is 2.06 bits per heavy atom. The van der Waals surface area contributed by atoms with E-state index in [-0.39, 0.29) is 0 Å². The lowest BCUT2D eigenvalue weighted by molar-refractivity contribution is 0.700. The predicted octanol–water partition coefficient (Wildman–Crippen LogP) is 3.68. The van der Waals surface area contributed by atoms with Gasteiger partial charge in [0.1, 0.15) is 5.82 Å². The molecule has 0 aliphatic carbocycles. The minimum absolute atomic E-state index is 0.889. The molecule has 0 spiro atoms. The van der Waals surface area contributed by atoms with Crippen LogP contribution in [0.25, 0.3) is 0 Å². The third-order valence-electron chi connectivity index (χ3n) is 3.01. The fourth-order valence-electron chi connectivity index (χ4n) is 2.08. The number of hydrogen-bond donors (Lipinski definition) is 1. The molecule has 0 aliphatic heterocycles. The molecule has 0 atom stereocenters. The van der Waals surface area contributed by atoms with Crippen LogP contribution in [0.4, 0.5) is 5.69 Å². The van der Waals surface area contributed by atoms with E-state index in [0.29, 0.717) is 0 Å². The number of nitrogens with zero attached hydrogens (tertiary/aromatic N) is 2. The lowest BCUT2D eigenvalue weighted by Crippen LogP contribution is -2.12. The Hall–Kier alpha value is -1.29. The zero-order valence-corrected chi connectivity index (χ0v) is 12.6. The molecule has 4 heteroatoms. The smallest absolute Gasteiger partial charge is 0.105 e. The van der Waals surface area contributed by atoms with Crippen molar-refractivity contribution >= 4 is 21.6 Å². The quantitative estimate of drug-likeness (QED) is 0.933. The molecular formula is C14H18BrN3. The van der Waals surface area contributed by atoms with Crippen molar-refractivity contribution in [3.63, 3.8) is 0 Å². The van der Waals surface area contributed by atoms with Crippen LogP contribution >= 0.6 is 15.9 Å². The molecule has 18 heavy (non-hydrogen) atoms.